The van der Waals surface area contributed by atoms with Crippen LogP contribution in [0.15, 0.2) is 18.5 Å². The van der Waals surface area contributed by atoms with E-state index in [-0.39, 0.29) is 5.56 Å². The third-order valence-electron chi connectivity index (χ3n) is 3.08. The molecular formula is C13H13N5O2. The second-order valence-electron chi connectivity index (χ2n) is 4.50. The lowest BCUT2D eigenvalue weighted by atomic mass is 10.2. The minimum atomic E-state index is -1.01. The molecule has 102 valence electrons. The van der Waals surface area contributed by atoms with Gasteiger partial charge in [0.15, 0.2) is 5.65 Å². The van der Waals surface area contributed by atoms with Gasteiger partial charge in [-0.3, -0.25) is 4.68 Å². The van der Waals surface area contributed by atoms with Gasteiger partial charge in [-0.1, -0.05) is 6.92 Å². The lowest BCUT2D eigenvalue weighted by molar-refractivity contribution is 0.0696. The van der Waals surface area contributed by atoms with Gasteiger partial charge in [-0.15, -0.1) is 0 Å². The van der Waals surface area contributed by atoms with Crippen molar-refractivity contribution in [2.24, 2.45) is 7.05 Å². The van der Waals surface area contributed by atoms with Crippen LogP contribution in [0.1, 0.15) is 23.0 Å². The van der Waals surface area contributed by atoms with Gasteiger partial charge < -0.3 is 10.1 Å². The summed E-state index contributed by atoms with van der Waals surface area (Å²) in [6.45, 7) is 2.02. The Labute approximate surface area is 114 Å². The number of aryl methyl sites for hydroxylation is 2. The molecular weight excluding hydrogens is 258 g/mol. The molecule has 0 aliphatic carbocycles. The van der Waals surface area contributed by atoms with Gasteiger partial charge in [0.1, 0.15) is 5.82 Å². The van der Waals surface area contributed by atoms with Gasteiger partial charge in [0.25, 0.3) is 0 Å². The Morgan fingerprint density at radius 1 is 1.50 bits per heavy atom. The topological polar surface area (TPSA) is 96.7 Å². The number of nitrogens with zero attached hydrogens (tertiary/aromatic N) is 4. The van der Waals surface area contributed by atoms with Crippen molar-refractivity contribution in [1.29, 1.82) is 0 Å². The molecule has 3 aromatic heterocycles. The first-order chi connectivity index (χ1) is 9.58. The molecule has 0 atom stereocenters. The van der Waals surface area contributed by atoms with Crippen molar-refractivity contribution in [3.8, 4) is 11.4 Å². The zero-order chi connectivity index (χ0) is 14.3. The maximum absolute atomic E-state index is 10.9. The largest absolute Gasteiger partial charge is 0.478 e. The molecule has 7 nitrogen and oxygen atoms in total. The number of H-pyrrole nitrogens is 1. The third kappa shape index (κ3) is 1.93. The first-order valence-electron chi connectivity index (χ1n) is 6.20. The van der Waals surface area contributed by atoms with Gasteiger partial charge in [-0.25, -0.2) is 14.8 Å². The zero-order valence-corrected chi connectivity index (χ0v) is 11.1. The molecule has 3 heterocycles. The predicted octanol–water partition coefficient (Wildman–Crippen LogP) is 1.62. The maximum atomic E-state index is 10.9. The maximum Gasteiger partial charge on any atom is 0.337 e. The van der Waals surface area contributed by atoms with Crippen LogP contribution in [-0.4, -0.2) is 35.8 Å². The number of carboxylic acid groups (broad SMARTS) is 1. The highest BCUT2D eigenvalue weighted by molar-refractivity contribution is 5.91. The second kappa shape index (κ2) is 4.44. The zero-order valence-electron chi connectivity index (χ0n) is 11.1. The van der Waals surface area contributed by atoms with E-state index in [0.717, 1.165) is 17.7 Å². The highest BCUT2D eigenvalue weighted by atomic mass is 16.4. The summed E-state index contributed by atoms with van der Waals surface area (Å²) in [4.78, 5) is 22.5. The Kier molecular flexibility index (Phi) is 2.74. The monoisotopic (exact) mass is 271 g/mol. The Bertz CT molecular complexity index is 802. The van der Waals surface area contributed by atoms with E-state index in [2.05, 4.69) is 20.1 Å². The van der Waals surface area contributed by atoms with E-state index in [1.54, 1.807) is 4.68 Å². The van der Waals surface area contributed by atoms with E-state index in [4.69, 9.17) is 5.11 Å². The minimum absolute atomic E-state index is 0.134. The fourth-order valence-electron chi connectivity index (χ4n) is 2.14. The summed E-state index contributed by atoms with van der Waals surface area (Å²) in [5, 5.41) is 13.3. The second-order valence-corrected chi connectivity index (χ2v) is 4.50. The number of hydrogen-bond acceptors (Lipinski definition) is 4. The molecule has 0 saturated carbocycles. The third-order valence-corrected chi connectivity index (χ3v) is 3.08. The van der Waals surface area contributed by atoms with Crippen molar-refractivity contribution in [1.82, 2.24) is 24.7 Å². The van der Waals surface area contributed by atoms with E-state index < -0.39 is 5.97 Å². The molecule has 0 aliphatic heterocycles. The van der Waals surface area contributed by atoms with Crippen LogP contribution in [0.2, 0.25) is 0 Å². The average molecular weight is 271 g/mol. The molecule has 0 radical (unpaired) electrons. The number of carboxylic acids is 1. The highest BCUT2D eigenvalue weighted by Gasteiger charge is 2.14. The van der Waals surface area contributed by atoms with Crippen LogP contribution in [0.4, 0.5) is 0 Å². The Balaban J connectivity index is 2.15. The lowest BCUT2D eigenvalue weighted by Gasteiger charge is -1.93. The number of imidazole rings is 1. The number of nitrogens with one attached hydrogen (secondary N) is 1. The van der Waals surface area contributed by atoms with Crippen molar-refractivity contribution >= 4 is 17.1 Å². The molecule has 3 aromatic rings. The van der Waals surface area contributed by atoms with Gasteiger partial charge in [-0.2, -0.15) is 5.10 Å². The molecule has 3 rings (SSSR count). The van der Waals surface area contributed by atoms with Gasteiger partial charge in [0.05, 0.1) is 22.3 Å². The molecule has 0 unspecified atom stereocenters. The summed E-state index contributed by atoms with van der Waals surface area (Å²) in [6.07, 6.45) is 3.98. The summed E-state index contributed by atoms with van der Waals surface area (Å²) in [7, 11) is 1.85. The first-order valence-corrected chi connectivity index (χ1v) is 6.20. The van der Waals surface area contributed by atoms with Crippen LogP contribution in [0.25, 0.3) is 22.6 Å². The van der Waals surface area contributed by atoms with E-state index in [1.807, 2.05) is 20.2 Å². The van der Waals surface area contributed by atoms with Crippen LogP contribution < -0.4 is 0 Å². The molecule has 0 bridgehead atoms. The molecule has 0 aliphatic rings. The van der Waals surface area contributed by atoms with Crippen molar-refractivity contribution in [2.75, 3.05) is 0 Å². The summed E-state index contributed by atoms with van der Waals surface area (Å²) < 4.78 is 1.73. The molecule has 0 saturated heterocycles. The molecule has 20 heavy (non-hydrogen) atoms. The van der Waals surface area contributed by atoms with Gasteiger partial charge in [0.2, 0.25) is 0 Å². The normalized spacial score (nSPS) is 11.1. The number of aromatic nitrogens is 5. The molecule has 0 amide bonds. The SMILES string of the molecule is CCc1nn(C)cc1-c1nc2ncc(C(=O)O)cc2[nH]1. The predicted molar refractivity (Wildman–Crippen MR) is 72.4 cm³/mol. The summed E-state index contributed by atoms with van der Waals surface area (Å²) in [5.41, 5.74) is 3.08. The van der Waals surface area contributed by atoms with Crippen LogP contribution in [-0.2, 0) is 13.5 Å². The van der Waals surface area contributed by atoms with Crippen LogP contribution in [0.5, 0.6) is 0 Å². The molecule has 2 N–H and O–H groups in total. The highest BCUT2D eigenvalue weighted by Crippen LogP contribution is 2.23. The number of carbonyl (C=O) groups is 1. The fourth-order valence-corrected chi connectivity index (χ4v) is 2.14. The quantitative estimate of drug-likeness (QED) is 0.754. The molecule has 0 spiro atoms. The van der Waals surface area contributed by atoms with Crippen LogP contribution in [0.3, 0.4) is 0 Å². The Morgan fingerprint density at radius 2 is 2.30 bits per heavy atom. The standard InChI is InChI=1S/C13H13N5O2/c1-3-9-8(6-18(2)17-9)11-15-10-4-7(13(19)20)5-14-12(10)16-11/h4-6H,3H2,1-2H3,(H,19,20)(H,14,15,16). The molecule has 0 fully saturated rings. The van der Waals surface area contributed by atoms with Crippen LogP contribution in [0, 0.1) is 0 Å². The van der Waals surface area contributed by atoms with Crippen molar-refractivity contribution < 1.29 is 9.90 Å². The van der Waals surface area contributed by atoms with E-state index in [0.29, 0.717) is 17.0 Å². The van der Waals surface area contributed by atoms with Crippen molar-refractivity contribution in [3.05, 3.63) is 29.7 Å². The first kappa shape index (κ1) is 12.3. The average Bonchev–Trinajstić information content (AvgIpc) is 3.00. The fraction of sp³-hybridized carbons (Fsp3) is 0.231. The Morgan fingerprint density at radius 3 is 3.00 bits per heavy atom. The summed E-state index contributed by atoms with van der Waals surface area (Å²) >= 11 is 0. The molecule has 7 heteroatoms. The Hall–Kier alpha value is -2.70. The number of fused-ring (bicyclic) bond motifs is 1. The van der Waals surface area contributed by atoms with Crippen molar-refractivity contribution in [3.63, 3.8) is 0 Å². The van der Waals surface area contributed by atoms with Gasteiger partial charge in [0, 0.05) is 19.4 Å². The van der Waals surface area contributed by atoms with Gasteiger partial charge in [-0.05, 0) is 12.5 Å². The summed E-state index contributed by atoms with van der Waals surface area (Å²) in [5.74, 6) is -0.355. The van der Waals surface area contributed by atoms with Gasteiger partial charge >= 0.3 is 5.97 Å². The van der Waals surface area contributed by atoms with E-state index in [1.165, 1.54) is 12.3 Å². The lowest BCUT2D eigenvalue weighted by Crippen LogP contribution is -1.96. The number of aromatic amines is 1. The minimum Gasteiger partial charge on any atom is -0.478 e. The van der Waals surface area contributed by atoms with E-state index in [9.17, 15) is 4.79 Å². The number of pyridine rings is 1. The number of hydrogen-bond donors (Lipinski definition) is 2. The van der Waals surface area contributed by atoms with E-state index >= 15 is 0 Å². The smallest absolute Gasteiger partial charge is 0.337 e. The van der Waals surface area contributed by atoms with Crippen LogP contribution >= 0.6 is 0 Å². The van der Waals surface area contributed by atoms with Crippen molar-refractivity contribution in [2.45, 2.75) is 13.3 Å². The number of aromatic carboxylic acids is 1. The summed E-state index contributed by atoms with van der Waals surface area (Å²) in [6, 6.07) is 1.53. The number of rotatable bonds is 3. The molecule has 0 aromatic carbocycles.